The minimum atomic E-state index is -3.78. The summed E-state index contributed by atoms with van der Waals surface area (Å²) in [6, 6.07) is 10.2. The molecule has 1 aromatic carbocycles. The van der Waals surface area contributed by atoms with Gasteiger partial charge in [-0.15, -0.1) is 11.3 Å². The molecule has 6 nitrogen and oxygen atoms in total. The lowest BCUT2D eigenvalue weighted by atomic mass is 10.1. The van der Waals surface area contributed by atoms with Gasteiger partial charge in [-0.1, -0.05) is 12.1 Å². The Bertz CT molecular complexity index is 954. The fourth-order valence-electron chi connectivity index (χ4n) is 3.42. The molecule has 27 heavy (non-hydrogen) atoms. The van der Waals surface area contributed by atoms with Crippen LogP contribution in [0.2, 0.25) is 0 Å². The Kier molecular flexibility index (Phi) is 5.17. The number of para-hydroxylation sites is 2. The summed E-state index contributed by atoms with van der Waals surface area (Å²) in [5, 5.41) is 0. The average Bonchev–Trinajstić information content (AvgIpc) is 3.14. The molecule has 144 valence electrons. The van der Waals surface area contributed by atoms with Crippen LogP contribution in [0.3, 0.4) is 0 Å². The van der Waals surface area contributed by atoms with E-state index in [4.69, 9.17) is 4.74 Å². The molecule has 1 amide bonds. The second kappa shape index (κ2) is 7.44. The lowest BCUT2D eigenvalue weighted by Gasteiger charge is -2.37. The minimum Gasteiger partial charge on any atom is -0.476 e. The van der Waals surface area contributed by atoms with Gasteiger partial charge in [0.25, 0.3) is 15.9 Å². The molecule has 0 radical (unpaired) electrons. The van der Waals surface area contributed by atoms with E-state index >= 15 is 0 Å². The molecule has 2 aliphatic rings. The highest BCUT2D eigenvalue weighted by Gasteiger charge is 2.39. The number of fused-ring (bicyclic) bond motifs is 1. The molecule has 2 aromatic rings. The molecule has 0 bridgehead atoms. The lowest BCUT2D eigenvalue weighted by Crippen LogP contribution is -2.52. The number of carbonyl (C=O) groups is 1. The van der Waals surface area contributed by atoms with Gasteiger partial charge >= 0.3 is 0 Å². The zero-order chi connectivity index (χ0) is 19.0. The summed E-state index contributed by atoms with van der Waals surface area (Å²) in [6.45, 7) is 1.38. The van der Waals surface area contributed by atoms with Gasteiger partial charge in [0.1, 0.15) is 9.96 Å². The molecule has 2 aliphatic heterocycles. The second-order valence-corrected chi connectivity index (χ2v) is 11.1. The number of halogens is 1. The van der Waals surface area contributed by atoms with Crippen LogP contribution < -0.4 is 9.04 Å². The van der Waals surface area contributed by atoms with Crippen LogP contribution in [0.15, 0.2) is 44.4 Å². The zero-order valence-corrected chi connectivity index (χ0v) is 17.7. The third-order valence-corrected chi connectivity index (χ3v) is 8.64. The Labute approximate surface area is 170 Å². The number of hydrogen-bond donors (Lipinski definition) is 0. The van der Waals surface area contributed by atoms with Gasteiger partial charge < -0.3 is 9.64 Å². The highest BCUT2D eigenvalue weighted by atomic mass is 79.9. The largest absolute Gasteiger partial charge is 0.476 e. The molecule has 0 aliphatic carbocycles. The molecule has 4 rings (SSSR count). The summed E-state index contributed by atoms with van der Waals surface area (Å²) in [5.74, 6) is 0.273. The van der Waals surface area contributed by atoms with E-state index in [9.17, 15) is 13.2 Å². The van der Waals surface area contributed by atoms with Gasteiger partial charge in [0, 0.05) is 13.1 Å². The molecular formula is C18H19BrN2O4S2. The monoisotopic (exact) mass is 470 g/mol. The van der Waals surface area contributed by atoms with Crippen LogP contribution in [0.1, 0.15) is 19.3 Å². The van der Waals surface area contributed by atoms with Crippen molar-refractivity contribution in [2.24, 2.45) is 0 Å². The van der Waals surface area contributed by atoms with Crippen molar-refractivity contribution < 1.29 is 17.9 Å². The van der Waals surface area contributed by atoms with Crippen LogP contribution in [0, 0.1) is 0 Å². The Hall–Kier alpha value is -1.58. The second-order valence-electron chi connectivity index (χ2n) is 6.55. The number of ether oxygens (including phenoxy) is 1. The number of amides is 1. The van der Waals surface area contributed by atoms with Gasteiger partial charge in [-0.25, -0.2) is 8.42 Å². The average molecular weight is 471 g/mol. The molecule has 1 aromatic heterocycles. The standard InChI is InChI=1S/C18H19BrN2O4S2/c19-16-8-9-17(26-16)27(23,24)21-12-15(18(22)20-10-4-1-5-11-20)25-14-7-3-2-6-13(14)21/h2-3,6-9,15H,1,4-5,10-12H2/t15-/m0/s1. The van der Waals surface area contributed by atoms with Crippen molar-refractivity contribution in [2.75, 3.05) is 23.9 Å². The Balaban J connectivity index is 1.69. The predicted molar refractivity (Wildman–Crippen MR) is 108 cm³/mol. The van der Waals surface area contributed by atoms with Crippen LogP contribution in [-0.2, 0) is 14.8 Å². The molecule has 0 spiro atoms. The molecule has 1 atom stereocenters. The topological polar surface area (TPSA) is 66.9 Å². The molecular weight excluding hydrogens is 452 g/mol. The molecule has 1 fully saturated rings. The smallest absolute Gasteiger partial charge is 0.274 e. The first-order valence-corrected chi connectivity index (χ1v) is 11.8. The molecule has 3 heterocycles. The first-order valence-electron chi connectivity index (χ1n) is 8.79. The lowest BCUT2D eigenvalue weighted by molar-refractivity contribution is -0.139. The van der Waals surface area contributed by atoms with Crippen LogP contribution in [-0.4, -0.2) is 45.0 Å². The van der Waals surface area contributed by atoms with Gasteiger partial charge in [-0.2, -0.15) is 0 Å². The highest BCUT2D eigenvalue weighted by Crippen LogP contribution is 2.39. The Morgan fingerprint density at radius 1 is 1.11 bits per heavy atom. The third-order valence-electron chi connectivity index (χ3n) is 4.77. The van der Waals surface area contributed by atoms with Gasteiger partial charge in [0.15, 0.2) is 6.10 Å². The van der Waals surface area contributed by atoms with Crippen molar-refractivity contribution in [3.63, 3.8) is 0 Å². The number of nitrogens with zero attached hydrogens (tertiary/aromatic N) is 2. The number of sulfonamides is 1. The van der Waals surface area contributed by atoms with Crippen molar-refractivity contribution >= 4 is 48.9 Å². The maximum atomic E-state index is 13.2. The number of hydrogen-bond acceptors (Lipinski definition) is 5. The number of likely N-dealkylation sites (tertiary alicyclic amines) is 1. The van der Waals surface area contributed by atoms with Crippen molar-refractivity contribution in [2.45, 2.75) is 29.6 Å². The summed E-state index contributed by atoms with van der Waals surface area (Å²) in [4.78, 5) is 14.7. The quantitative estimate of drug-likeness (QED) is 0.688. The van der Waals surface area contributed by atoms with Crippen molar-refractivity contribution in [3.05, 3.63) is 40.2 Å². The van der Waals surface area contributed by atoms with Gasteiger partial charge in [0.2, 0.25) is 0 Å². The zero-order valence-electron chi connectivity index (χ0n) is 14.5. The summed E-state index contributed by atoms with van der Waals surface area (Å²) >= 11 is 4.47. The highest BCUT2D eigenvalue weighted by molar-refractivity contribution is 9.11. The van der Waals surface area contributed by atoms with E-state index in [0.717, 1.165) is 34.4 Å². The summed E-state index contributed by atoms with van der Waals surface area (Å²) in [7, 11) is -3.78. The van der Waals surface area contributed by atoms with E-state index in [-0.39, 0.29) is 16.7 Å². The maximum absolute atomic E-state index is 13.2. The molecule has 9 heteroatoms. The first kappa shape index (κ1) is 18.8. The predicted octanol–water partition coefficient (Wildman–Crippen LogP) is 3.48. The third kappa shape index (κ3) is 3.60. The minimum absolute atomic E-state index is 0.0236. The van der Waals surface area contributed by atoms with Crippen LogP contribution in [0.5, 0.6) is 5.75 Å². The first-order chi connectivity index (χ1) is 13.0. The Morgan fingerprint density at radius 2 is 1.85 bits per heavy atom. The number of rotatable bonds is 3. The van der Waals surface area contributed by atoms with Crippen LogP contribution in [0.4, 0.5) is 5.69 Å². The maximum Gasteiger partial charge on any atom is 0.274 e. The number of thiophene rings is 1. The van der Waals surface area contributed by atoms with Crippen molar-refractivity contribution in [3.8, 4) is 5.75 Å². The molecule has 0 N–H and O–H groups in total. The van der Waals surface area contributed by atoms with Gasteiger partial charge in [-0.3, -0.25) is 9.10 Å². The van der Waals surface area contributed by atoms with E-state index in [2.05, 4.69) is 15.9 Å². The molecule has 0 unspecified atom stereocenters. The van der Waals surface area contributed by atoms with E-state index in [1.54, 1.807) is 41.3 Å². The van der Waals surface area contributed by atoms with E-state index in [1.807, 2.05) is 0 Å². The van der Waals surface area contributed by atoms with Gasteiger partial charge in [0.05, 0.1) is 16.0 Å². The number of benzene rings is 1. The van der Waals surface area contributed by atoms with Crippen LogP contribution in [0.25, 0.3) is 0 Å². The number of carbonyl (C=O) groups excluding carboxylic acids is 1. The molecule has 1 saturated heterocycles. The SMILES string of the molecule is O=C([C@@H]1CN(S(=O)(=O)c2ccc(Br)s2)c2ccccc2O1)N1CCCCC1. The number of anilines is 1. The summed E-state index contributed by atoms with van der Waals surface area (Å²) < 4.78 is 34.7. The normalized spacial score (nSPS) is 20.1. The number of piperidine rings is 1. The summed E-state index contributed by atoms with van der Waals surface area (Å²) in [5.41, 5.74) is 0.463. The molecule has 0 saturated carbocycles. The van der Waals surface area contributed by atoms with Crippen molar-refractivity contribution in [1.29, 1.82) is 0 Å². The van der Waals surface area contributed by atoms with Crippen molar-refractivity contribution in [1.82, 2.24) is 4.90 Å². The van der Waals surface area contributed by atoms with E-state index in [1.165, 1.54) is 4.31 Å². The fraction of sp³-hybridized carbons (Fsp3) is 0.389. The Morgan fingerprint density at radius 3 is 2.56 bits per heavy atom. The fourth-order valence-corrected chi connectivity index (χ4v) is 7.02. The van der Waals surface area contributed by atoms with Crippen LogP contribution >= 0.6 is 27.3 Å². The van der Waals surface area contributed by atoms with E-state index < -0.39 is 16.1 Å². The van der Waals surface area contributed by atoms with E-state index in [0.29, 0.717) is 24.5 Å². The summed E-state index contributed by atoms with van der Waals surface area (Å²) in [6.07, 6.45) is 2.23. The van der Waals surface area contributed by atoms with Gasteiger partial charge in [-0.05, 0) is 59.5 Å².